The van der Waals surface area contributed by atoms with Crippen molar-refractivity contribution in [2.45, 2.75) is 39.2 Å². The van der Waals surface area contributed by atoms with Gasteiger partial charge in [-0.25, -0.2) is 14.7 Å². The van der Waals surface area contributed by atoms with Gasteiger partial charge in [0.15, 0.2) is 12.2 Å². The van der Waals surface area contributed by atoms with Crippen LogP contribution in [-0.4, -0.2) is 35.9 Å². The molecular weight excluding hydrogens is 384 g/mol. The monoisotopic (exact) mass is 404 g/mol. The molecule has 0 saturated heterocycles. The molecule has 0 aromatic heterocycles. The van der Waals surface area contributed by atoms with Crippen LogP contribution in [0.25, 0.3) is 5.57 Å². The number of halogens is 1. The smallest absolute Gasteiger partial charge is 0.331 e. The number of carbonyl (C=O) groups excluding carboxylic acids is 2. The number of hydroxylamine groups is 2. The fourth-order valence-electron chi connectivity index (χ4n) is 3.00. The standard InChI is InChI=1S/C20H21ClN2O5/c1-4-26-12-27-23-17(24)15(13-7-5-6-8-14(13)21)16(19(23,2)3)28-18(25)20(11-22)9-10-20/h5-8H,4,9-10,12H2,1-3H3. The Kier molecular flexibility index (Phi) is 5.48. The zero-order valence-electron chi connectivity index (χ0n) is 16.0. The van der Waals surface area contributed by atoms with E-state index in [4.69, 9.17) is 25.9 Å². The predicted molar refractivity (Wildman–Crippen MR) is 100 cm³/mol. The quantitative estimate of drug-likeness (QED) is 0.393. The lowest BCUT2D eigenvalue weighted by atomic mass is 9.98. The minimum Gasteiger partial charge on any atom is -0.426 e. The zero-order valence-corrected chi connectivity index (χ0v) is 16.7. The lowest BCUT2D eigenvalue weighted by Gasteiger charge is -2.31. The number of esters is 1. The van der Waals surface area contributed by atoms with E-state index < -0.39 is 22.8 Å². The van der Waals surface area contributed by atoms with E-state index >= 15 is 0 Å². The number of nitrogens with zero attached hydrogens (tertiary/aromatic N) is 2. The molecule has 0 unspecified atom stereocenters. The number of amides is 1. The van der Waals surface area contributed by atoms with Crippen molar-refractivity contribution < 1.29 is 23.9 Å². The minimum atomic E-state index is -1.14. The summed E-state index contributed by atoms with van der Waals surface area (Å²) in [5.41, 5.74) is -1.69. The van der Waals surface area contributed by atoms with Gasteiger partial charge in [0.05, 0.1) is 11.6 Å². The molecule has 0 radical (unpaired) electrons. The Bertz CT molecular complexity index is 883. The van der Waals surface area contributed by atoms with Crippen molar-refractivity contribution in [3.63, 3.8) is 0 Å². The van der Waals surface area contributed by atoms with Crippen LogP contribution in [0.15, 0.2) is 30.0 Å². The molecule has 0 spiro atoms. The second-order valence-electron chi connectivity index (χ2n) is 7.17. The zero-order chi connectivity index (χ0) is 20.5. The average molecular weight is 405 g/mol. The third kappa shape index (κ3) is 3.39. The van der Waals surface area contributed by atoms with E-state index in [0.717, 1.165) is 5.06 Å². The number of benzene rings is 1. The topological polar surface area (TPSA) is 88.9 Å². The highest BCUT2D eigenvalue weighted by Crippen LogP contribution is 2.49. The Balaban J connectivity index is 2.04. The van der Waals surface area contributed by atoms with Crippen molar-refractivity contribution >= 4 is 29.1 Å². The second-order valence-corrected chi connectivity index (χ2v) is 7.57. The maximum Gasteiger partial charge on any atom is 0.331 e. The second kappa shape index (κ2) is 7.55. The number of hydrogen-bond acceptors (Lipinski definition) is 6. The molecule has 1 saturated carbocycles. The molecule has 8 heteroatoms. The largest absolute Gasteiger partial charge is 0.426 e. The van der Waals surface area contributed by atoms with Gasteiger partial charge in [-0.15, -0.1) is 0 Å². The third-order valence-electron chi connectivity index (χ3n) is 4.85. The maximum atomic E-state index is 13.2. The molecule has 0 N–H and O–H groups in total. The number of ether oxygens (including phenoxy) is 2. The normalized spacial score (nSPS) is 19.5. The van der Waals surface area contributed by atoms with E-state index in [1.54, 1.807) is 45.0 Å². The van der Waals surface area contributed by atoms with Crippen LogP contribution in [0.4, 0.5) is 0 Å². The van der Waals surface area contributed by atoms with E-state index in [1.165, 1.54) is 0 Å². The number of rotatable bonds is 7. The molecule has 7 nitrogen and oxygen atoms in total. The first-order valence-electron chi connectivity index (χ1n) is 8.97. The molecule has 1 heterocycles. The van der Waals surface area contributed by atoms with Crippen LogP contribution in [0.2, 0.25) is 5.02 Å². The van der Waals surface area contributed by atoms with Gasteiger partial charge >= 0.3 is 5.97 Å². The number of carbonyl (C=O) groups is 2. The summed E-state index contributed by atoms with van der Waals surface area (Å²) in [6.45, 7) is 5.47. The molecule has 0 bridgehead atoms. The molecule has 1 aromatic rings. The molecule has 1 aliphatic heterocycles. The van der Waals surface area contributed by atoms with Crippen molar-refractivity contribution in [2.75, 3.05) is 13.4 Å². The Morgan fingerprint density at radius 2 is 2.00 bits per heavy atom. The lowest BCUT2D eigenvalue weighted by molar-refractivity contribution is -0.243. The van der Waals surface area contributed by atoms with Gasteiger partial charge in [-0.05, 0) is 39.7 Å². The summed E-state index contributed by atoms with van der Waals surface area (Å²) in [6, 6.07) is 8.79. The molecule has 0 atom stereocenters. The molecule has 1 amide bonds. The van der Waals surface area contributed by atoms with Crippen LogP contribution >= 0.6 is 11.6 Å². The average Bonchev–Trinajstić information content (AvgIpc) is 3.44. The molecule has 1 fully saturated rings. The first-order chi connectivity index (χ1) is 13.3. The lowest BCUT2D eigenvalue weighted by Crippen LogP contribution is -2.44. The molecule has 3 rings (SSSR count). The summed E-state index contributed by atoms with van der Waals surface area (Å²) in [7, 11) is 0. The fraction of sp³-hybridized carbons (Fsp3) is 0.450. The van der Waals surface area contributed by atoms with Crippen LogP contribution in [0.3, 0.4) is 0 Å². The van der Waals surface area contributed by atoms with E-state index in [-0.39, 0.29) is 18.1 Å². The fourth-order valence-corrected chi connectivity index (χ4v) is 3.23. The van der Waals surface area contributed by atoms with Gasteiger partial charge in [-0.3, -0.25) is 4.79 Å². The van der Waals surface area contributed by atoms with E-state index in [1.807, 2.05) is 6.07 Å². The van der Waals surface area contributed by atoms with E-state index in [0.29, 0.717) is 30.0 Å². The van der Waals surface area contributed by atoms with Crippen molar-refractivity contribution in [1.29, 1.82) is 5.26 Å². The van der Waals surface area contributed by atoms with Crippen LogP contribution < -0.4 is 0 Å². The first kappa shape index (κ1) is 20.3. The SMILES string of the molecule is CCOCON1C(=O)C(c2ccccc2Cl)=C(OC(=O)C2(C#N)CC2)C1(C)C. The Labute approximate surface area is 168 Å². The summed E-state index contributed by atoms with van der Waals surface area (Å²) in [4.78, 5) is 31.3. The van der Waals surface area contributed by atoms with Crippen molar-refractivity contribution in [1.82, 2.24) is 5.06 Å². The highest BCUT2D eigenvalue weighted by atomic mass is 35.5. The molecule has 28 heavy (non-hydrogen) atoms. The van der Waals surface area contributed by atoms with Crippen LogP contribution in [0.5, 0.6) is 0 Å². The Morgan fingerprint density at radius 3 is 2.57 bits per heavy atom. The number of nitriles is 1. The highest BCUT2D eigenvalue weighted by Gasteiger charge is 2.56. The molecule has 1 aromatic carbocycles. The van der Waals surface area contributed by atoms with Gasteiger partial charge in [0.2, 0.25) is 0 Å². The van der Waals surface area contributed by atoms with Crippen molar-refractivity contribution in [3.8, 4) is 6.07 Å². The molecule has 148 valence electrons. The summed E-state index contributed by atoms with van der Waals surface area (Å²) in [6.07, 6.45) is 0.881. The van der Waals surface area contributed by atoms with E-state index in [9.17, 15) is 14.9 Å². The third-order valence-corrected chi connectivity index (χ3v) is 5.18. The van der Waals surface area contributed by atoms with Gasteiger partial charge in [-0.2, -0.15) is 5.26 Å². The summed E-state index contributed by atoms with van der Waals surface area (Å²) >= 11 is 6.31. The van der Waals surface area contributed by atoms with Crippen molar-refractivity contribution in [3.05, 3.63) is 40.6 Å². The van der Waals surface area contributed by atoms with Crippen LogP contribution in [-0.2, 0) is 23.9 Å². The number of hydrogen-bond donors (Lipinski definition) is 0. The molecular formula is C20H21ClN2O5. The Hall–Kier alpha value is -2.40. The van der Waals surface area contributed by atoms with Gasteiger partial charge in [0, 0.05) is 17.2 Å². The first-order valence-corrected chi connectivity index (χ1v) is 9.34. The predicted octanol–water partition coefficient (Wildman–Crippen LogP) is 3.44. The highest BCUT2D eigenvalue weighted by molar-refractivity contribution is 6.35. The van der Waals surface area contributed by atoms with E-state index in [2.05, 4.69) is 0 Å². The minimum absolute atomic E-state index is 0.105. The summed E-state index contributed by atoms with van der Waals surface area (Å²) in [5.74, 6) is -1.06. The van der Waals surface area contributed by atoms with Gasteiger partial charge in [-0.1, -0.05) is 29.8 Å². The van der Waals surface area contributed by atoms with Crippen LogP contribution in [0, 0.1) is 16.7 Å². The van der Waals surface area contributed by atoms with Crippen molar-refractivity contribution in [2.24, 2.45) is 5.41 Å². The summed E-state index contributed by atoms with van der Waals surface area (Å²) in [5, 5.41) is 10.8. The molecule has 2 aliphatic rings. The van der Waals surface area contributed by atoms with Gasteiger partial charge < -0.3 is 9.47 Å². The molecule has 1 aliphatic carbocycles. The summed E-state index contributed by atoms with van der Waals surface area (Å²) < 4.78 is 10.8. The van der Waals surface area contributed by atoms with Crippen LogP contribution in [0.1, 0.15) is 39.2 Å². The Morgan fingerprint density at radius 1 is 1.32 bits per heavy atom. The van der Waals surface area contributed by atoms with Gasteiger partial charge in [0.25, 0.3) is 5.91 Å². The van der Waals surface area contributed by atoms with Gasteiger partial charge in [0.1, 0.15) is 11.3 Å². The maximum absolute atomic E-state index is 13.2.